The maximum Gasteiger partial charge on any atom is 0.411 e. The van der Waals surface area contributed by atoms with Gasteiger partial charge in [0.05, 0.1) is 18.8 Å². The Kier molecular flexibility index (Phi) is 3.79. The first-order valence-corrected chi connectivity index (χ1v) is 6.94. The highest BCUT2D eigenvalue weighted by atomic mass is 79.9. The minimum absolute atomic E-state index is 0.319. The monoisotopic (exact) mass is 351 g/mol. The molecule has 8 heteroatoms. The van der Waals surface area contributed by atoms with Crippen LogP contribution in [0.5, 0.6) is 0 Å². The lowest BCUT2D eigenvalue weighted by atomic mass is 10.2. The second-order valence-corrected chi connectivity index (χ2v) is 6.65. The fourth-order valence-corrected chi connectivity index (χ4v) is 2.36. The summed E-state index contributed by atoms with van der Waals surface area (Å²) in [6, 6.07) is -0.814. The molecule has 0 radical (unpaired) electrons. The summed E-state index contributed by atoms with van der Waals surface area (Å²) in [4.78, 5) is 19.9. The topological polar surface area (TPSA) is 58.2 Å². The van der Waals surface area contributed by atoms with Gasteiger partial charge in [-0.25, -0.2) is 18.6 Å². The SMILES string of the molecule is CC(C)(C)OC(=O)N1CC(F)(F)C[C@H]1c1ncc(Br)[nH]1. The lowest BCUT2D eigenvalue weighted by molar-refractivity contribution is -0.00248. The van der Waals surface area contributed by atoms with Crippen molar-refractivity contribution >= 4 is 22.0 Å². The van der Waals surface area contributed by atoms with Gasteiger partial charge in [-0.05, 0) is 36.7 Å². The molecule has 0 saturated carbocycles. The number of alkyl halides is 2. The van der Waals surface area contributed by atoms with Crippen LogP contribution in [0.3, 0.4) is 0 Å². The molecule has 1 amide bonds. The Morgan fingerprint density at radius 1 is 1.60 bits per heavy atom. The number of imidazole rings is 1. The summed E-state index contributed by atoms with van der Waals surface area (Å²) in [6.07, 6.45) is 0.248. The lowest BCUT2D eigenvalue weighted by Gasteiger charge is -2.27. The number of nitrogens with one attached hydrogen (secondary N) is 1. The maximum absolute atomic E-state index is 13.6. The first kappa shape index (κ1) is 15.2. The molecule has 1 atom stereocenters. The van der Waals surface area contributed by atoms with E-state index in [-0.39, 0.29) is 0 Å². The fourth-order valence-electron chi connectivity index (χ4n) is 2.06. The van der Waals surface area contributed by atoms with E-state index in [9.17, 15) is 13.6 Å². The van der Waals surface area contributed by atoms with Crippen molar-refractivity contribution in [3.63, 3.8) is 0 Å². The van der Waals surface area contributed by atoms with Gasteiger partial charge in [-0.15, -0.1) is 0 Å². The molecule has 1 aliphatic heterocycles. The van der Waals surface area contributed by atoms with E-state index in [1.807, 2.05) is 0 Å². The van der Waals surface area contributed by atoms with Gasteiger partial charge in [0.15, 0.2) is 0 Å². The van der Waals surface area contributed by atoms with E-state index < -0.39 is 36.6 Å². The predicted octanol–water partition coefficient (Wildman–Crippen LogP) is 3.49. The van der Waals surface area contributed by atoms with Crippen molar-refractivity contribution in [3.05, 3.63) is 16.6 Å². The fraction of sp³-hybridized carbons (Fsp3) is 0.667. The van der Waals surface area contributed by atoms with Crippen molar-refractivity contribution in [2.75, 3.05) is 6.54 Å². The number of nitrogens with zero attached hydrogens (tertiary/aromatic N) is 2. The molecule has 0 aromatic carbocycles. The molecule has 1 aliphatic rings. The molecule has 1 aromatic rings. The van der Waals surface area contributed by atoms with Gasteiger partial charge in [0.2, 0.25) is 0 Å². The molecule has 1 N–H and O–H groups in total. The number of ether oxygens (including phenoxy) is 1. The highest BCUT2D eigenvalue weighted by molar-refractivity contribution is 9.10. The van der Waals surface area contributed by atoms with Crippen LogP contribution in [0.4, 0.5) is 13.6 Å². The molecule has 2 rings (SSSR count). The maximum atomic E-state index is 13.6. The van der Waals surface area contributed by atoms with Gasteiger partial charge in [-0.3, -0.25) is 4.90 Å². The Morgan fingerprint density at radius 2 is 2.25 bits per heavy atom. The number of H-pyrrole nitrogens is 1. The molecule has 0 aliphatic carbocycles. The largest absolute Gasteiger partial charge is 0.444 e. The summed E-state index contributed by atoms with van der Waals surface area (Å²) in [5, 5.41) is 0. The van der Waals surface area contributed by atoms with E-state index in [0.717, 1.165) is 4.90 Å². The summed E-state index contributed by atoms with van der Waals surface area (Å²) in [6.45, 7) is 4.41. The van der Waals surface area contributed by atoms with Crippen LogP contribution in [0.2, 0.25) is 0 Å². The average molecular weight is 352 g/mol. The third-order valence-electron chi connectivity index (χ3n) is 2.78. The highest BCUT2D eigenvalue weighted by Gasteiger charge is 2.49. The van der Waals surface area contributed by atoms with Crippen LogP contribution in [0.1, 0.15) is 39.1 Å². The summed E-state index contributed by atoms with van der Waals surface area (Å²) in [5.41, 5.74) is -0.733. The number of carbonyl (C=O) groups excluding carboxylic acids is 1. The normalized spacial score (nSPS) is 22.1. The van der Waals surface area contributed by atoms with E-state index in [1.165, 1.54) is 6.20 Å². The van der Waals surface area contributed by atoms with Crippen molar-refractivity contribution in [3.8, 4) is 0 Å². The summed E-state index contributed by atoms with van der Waals surface area (Å²) in [5.74, 6) is -2.62. The Bertz CT molecular complexity index is 513. The Morgan fingerprint density at radius 3 is 2.75 bits per heavy atom. The van der Waals surface area contributed by atoms with E-state index in [0.29, 0.717) is 10.4 Å². The number of aromatic amines is 1. The van der Waals surface area contributed by atoms with Gasteiger partial charge in [0.1, 0.15) is 16.0 Å². The van der Waals surface area contributed by atoms with E-state index >= 15 is 0 Å². The van der Waals surface area contributed by atoms with Crippen LogP contribution < -0.4 is 0 Å². The molecule has 112 valence electrons. The van der Waals surface area contributed by atoms with Crippen molar-refractivity contribution in [1.82, 2.24) is 14.9 Å². The highest BCUT2D eigenvalue weighted by Crippen LogP contribution is 2.40. The molecule has 0 spiro atoms. The van der Waals surface area contributed by atoms with Gasteiger partial charge in [-0.1, -0.05) is 0 Å². The number of hydrogen-bond donors (Lipinski definition) is 1. The smallest absolute Gasteiger partial charge is 0.411 e. The number of carbonyl (C=O) groups is 1. The Hall–Kier alpha value is -1.18. The summed E-state index contributed by atoms with van der Waals surface area (Å²) in [7, 11) is 0. The van der Waals surface area contributed by atoms with Crippen molar-refractivity contribution in [2.45, 2.75) is 44.8 Å². The van der Waals surface area contributed by atoms with E-state index in [1.54, 1.807) is 20.8 Å². The zero-order chi connectivity index (χ0) is 15.1. The molecule has 1 aromatic heterocycles. The van der Waals surface area contributed by atoms with E-state index in [2.05, 4.69) is 25.9 Å². The number of aromatic nitrogens is 2. The van der Waals surface area contributed by atoms with Crippen LogP contribution in [-0.2, 0) is 4.74 Å². The van der Waals surface area contributed by atoms with Crippen LogP contribution >= 0.6 is 15.9 Å². The molecule has 20 heavy (non-hydrogen) atoms. The van der Waals surface area contributed by atoms with E-state index in [4.69, 9.17) is 4.74 Å². The Labute approximate surface area is 123 Å². The number of rotatable bonds is 1. The first-order chi connectivity index (χ1) is 9.07. The minimum Gasteiger partial charge on any atom is -0.444 e. The summed E-state index contributed by atoms with van der Waals surface area (Å²) < 4.78 is 33.0. The van der Waals surface area contributed by atoms with Gasteiger partial charge in [-0.2, -0.15) is 0 Å². The molecule has 1 fully saturated rings. The number of hydrogen-bond acceptors (Lipinski definition) is 3. The molecule has 0 unspecified atom stereocenters. The number of amides is 1. The van der Waals surface area contributed by atoms with Gasteiger partial charge < -0.3 is 9.72 Å². The lowest BCUT2D eigenvalue weighted by Crippen LogP contribution is -2.38. The van der Waals surface area contributed by atoms with Gasteiger partial charge in [0, 0.05) is 6.42 Å². The molecule has 5 nitrogen and oxygen atoms in total. The average Bonchev–Trinajstić information content (AvgIpc) is 2.79. The number of likely N-dealkylation sites (tertiary alicyclic amines) is 1. The second kappa shape index (κ2) is 4.98. The van der Waals surface area contributed by atoms with Crippen molar-refractivity contribution < 1.29 is 18.3 Å². The Balaban J connectivity index is 2.22. The predicted molar refractivity (Wildman–Crippen MR) is 71.5 cm³/mol. The van der Waals surface area contributed by atoms with Crippen molar-refractivity contribution in [2.24, 2.45) is 0 Å². The second-order valence-electron chi connectivity index (χ2n) is 5.80. The molecule has 2 heterocycles. The minimum atomic E-state index is -2.94. The van der Waals surface area contributed by atoms with Crippen LogP contribution in [0.15, 0.2) is 10.8 Å². The zero-order valence-corrected chi connectivity index (χ0v) is 13.0. The number of halogens is 3. The molecule has 1 saturated heterocycles. The third-order valence-corrected chi connectivity index (χ3v) is 3.18. The van der Waals surface area contributed by atoms with Crippen LogP contribution in [0, 0.1) is 0 Å². The molecular formula is C12H16BrF2N3O2. The standard InChI is InChI=1S/C12H16BrF2N3O2/c1-11(2,3)20-10(19)18-6-12(14,15)4-7(18)9-16-5-8(13)17-9/h5,7H,4,6H2,1-3H3,(H,16,17)/t7-/m0/s1. The van der Waals surface area contributed by atoms with Crippen LogP contribution in [-0.4, -0.2) is 39.0 Å². The zero-order valence-electron chi connectivity index (χ0n) is 11.4. The molecular weight excluding hydrogens is 336 g/mol. The molecule has 0 bridgehead atoms. The van der Waals surface area contributed by atoms with Gasteiger partial charge in [0.25, 0.3) is 5.92 Å². The first-order valence-electron chi connectivity index (χ1n) is 6.15. The van der Waals surface area contributed by atoms with Crippen LogP contribution in [0.25, 0.3) is 0 Å². The third kappa shape index (κ3) is 3.47. The summed E-state index contributed by atoms with van der Waals surface area (Å²) >= 11 is 3.17. The van der Waals surface area contributed by atoms with Gasteiger partial charge >= 0.3 is 6.09 Å². The van der Waals surface area contributed by atoms with Crippen molar-refractivity contribution in [1.29, 1.82) is 0 Å². The quantitative estimate of drug-likeness (QED) is 0.842.